The molecule has 0 radical (unpaired) electrons. The third-order valence-corrected chi connectivity index (χ3v) is 2.17. The van der Waals surface area contributed by atoms with Crippen molar-refractivity contribution in [2.45, 2.75) is 0 Å². The summed E-state index contributed by atoms with van der Waals surface area (Å²) in [6, 6.07) is 0. The normalized spacial score (nSPS) is 10.1. The van der Waals surface area contributed by atoms with Crippen LogP contribution in [0.15, 0.2) is 0 Å². The minimum atomic E-state index is -4.64. The smallest absolute Gasteiger partial charge is 1.00 e. The number of aliphatic carboxylic acids is 4. The number of hydrogen-bond acceptors (Lipinski definition) is 7. The molecule has 17 heteroatoms. The Kier molecular flexibility index (Phi) is 21.6. The number of carboxylic acids is 4. The molecule has 0 heterocycles. The maximum Gasteiger partial charge on any atom is 1.00 e. The number of carboxylic acid groups (broad SMARTS) is 4. The van der Waals surface area contributed by atoms with Crippen molar-refractivity contribution in [2.75, 3.05) is 39.3 Å². The molecule has 0 aromatic heterocycles. The Morgan fingerprint density at radius 1 is 0.630 bits per heavy atom. The summed E-state index contributed by atoms with van der Waals surface area (Å²) < 4.78 is 8.88. The number of nitrogens with zero attached hydrogens (tertiary/aromatic N) is 2. The summed E-state index contributed by atoms with van der Waals surface area (Å²) in [7, 11) is -4.64. The van der Waals surface area contributed by atoms with Gasteiger partial charge in [0.05, 0.1) is 26.2 Å². The molecular formula is C10H19ClN2NaO12P. The van der Waals surface area contributed by atoms with Crippen LogP contribution in [0.25, 0.3) is 0 Å². The van der Waals surface area contributed by atoms with Gasteiger partial charge in [-0.2, -0.15) is 0 Å². The Hall–Kier alpha value is -0.800. The Labute approximate surface area is 181 Å². The number of halogens is 1. The second kappa shape index (κ2) is 17.3. The van der Waals surface area contributed by atoms with E-state index in [9.17, 15) is 19.2 Å². The molecule has 0 atom stereocenters. The molecule has 0 rings (SSSR count). The van der Waals surface area contributed by atoms with Crippen LogP contribution in [-0.2, 0) is 23.7 Å². The van der Waals surface area contributed by atoms with Crippen LogP contribution in [-0.4, -0.2) is 108 Å². The molecule has 0 unspecified atom stereocenters. The van der Waals surface area contributed by atoms with Gasteiger partial charge in [0, 0.05) is 13.1 Å². The van der Waals surface area contributed by atoms with Crippen LogP contribution in [0.2, 0.25) is 0 Å². The molecule has 154 valence electrons. The number of hydrogen-bond donors (Lipinski definition) is 7. The van der Waals surface area contributed by atoms with Crippen molar-refractivity contribution < 1.29 is 101 Å². The van der Waals surface area contributed by atoms with E-state index in [1.807, 2.05) is 0 Å². The van der Waals surface area contributed by atoms with Crippen LogP contribution in [0.4, 0.5) is 0 Å². The van der Waals surface area contributed by atoms with Crippen molar-refractivity contribution in [3.8, 4) is 0 Å². The molecule has 0 aliphatic rings. The molecule has 0 aromatic carbocycles. The van der Waals surface area contributed by atoms with Crippen molar-refractivity contribution in [1.82, 2.24) is 9.80 Å². The van der Waals surface area contributed by atoms with Crippen molar-refractivity contribution in [1.29, 1.82) is 0 Å². The van der Waals surface area contributed by atoms with Crippen LogP contribution >= 0.6 is 7.82 Å². The summed E-state index contributed by atoms with van der Waals surface area (Å²) >= 11 is 0. The van der Waals surface area contributed by atoms with Crippen molar-refractivity contribution in [3.05, 3.63) is 0 Å². The minimum absolute atomic E-state index is 0. The van der Waals surface area contributed by atoms with Crippen LogP contribution in [0, 0.1) is 0 Å². The van der Waals surface area contributed by atoms with E-state index in [-0.39, 0.29) is 55.1 Å². The second-order valence-electron chi connectivity index (χ2n) is 4.51. The van der Waals surface area contributed by atoms with E-state index in [0.717, 1.165) is 9.80 Å². The van der Waals surface area contributed by atoms with Crippen molar-refractivity contribution in [3.63, 3.8) is 0 Å². The monoisotopic (exact) mass is 448 g/mol. The standard InChI is InChI=1S/C10H16N2O8.ClH.Na.H3O4P/c13-7(14)3-11(4-8(15)16)1-2-12(5-9(17)18)6-10(19)20;;;1-5(2,3)4/h1-6H2,(H,13,14)(H,15,16)(H,17,18)(H,19,20);1H;;(H3,1,2,3,4)/q;;+1;/p-1. The Balaban J connectivity index is -0.000000333. The second-order valence-corrected chi connectivity index (χ2v) is 5.54. The maximum absolute atomic E-state index is 10.6. The first-order valence-electron chi connectivity index (χ1n) is 6.31. The average molecular weight is 449 g/mol. The zero-order valence-corrected chi connectivity index (χ0v) is 17.8. The van der Waals surface area contributed by atoms with E-state index in [4.69, 9.17) is 39.7 Å². The first-order valence-corrected chi connectivity index (χ1v) is 7.87. The molecule has 14 nitrogen and oxygen atoms in total. The van der Waals surface area contributed by atoms with Gasteiger partial charge in [-0.05, 0) is 0 Å². The molecule has 0 aliphatic heterocycles. The molecule has 0 aromatic rings. The predicted octanol–water partition coefficient (Wildman–Crippen LogP) is -8.99. The quantitative estimate of drug-likeness (QED) is 0.115. The van der Waals surface area contributed by atoms with Gasteiger partial charge >= 0.3 is 61.3 Å². The van der Waals surface area contributed by atoms with Gasteiger partial charge in [0.2, 0.25) is 0 Å². The first kappa shape index (κ1) is 33.8. The van der Waals surface area contributed by atoms with E-state index in [0.29, 0.717) is 0 Å². The van der Waals surface area contributed by atoms with Crippen molar-refractivity contribution in [2.24, 2.45) is 0 Å². The number of phosphoric acid groups is 1. The van der Waals surface area contributed by atoms with Gasteiger partial charge in [-0.25, -0.2) is 4.57 Å². The SMILES string of the molecule is O=C(O)CN(CCN(CC(=O)O)CC(=O)O)CC(=O)O.O=P(O)(O)O.[Cl-].[Na+]. The van der Waals surface area contributed by atoms with Crippen LogP contribution < -0.4 is 42.0 Å². The summed E-state index contributed by atoms with van der Waals surface area (Å²) in [5.41, 5.74) is 0. The van der Waals surface area contributed by atoms with Crippen LogP contribution in [0.1, 0.15) is 0 Å². The fourth-order valence-electron chi connectivity index (χ4n) is 1.48. The molecule has 0 fully saturated rings. The summed E-state index contributed by atoms with van der Waals surface area (Å²) in [5, 5.41) is 34.5. The van der Waals surface area contributed by atoms with Gasteiger partial charge in [0.15, 0.2) is 0 Å². The molecular weight excluding hydrogens is 430 g/mol. The summed E-state index contributed by atoms with van der Waals surface area (Å²) in [5.74, 6) is -4.91. The molecule has 7 N–H and O–H groups in total. The number of carbonyl (C=O) groups is 4. The molecule has 0 amide bonds. The first-order chi connectivity index (χ1) is 11.2. The fourth-order valence-corrected chi connectivity index (χ4v) is 1.48. The predicted molar refractivity (Wildman–Crippen MR) is 77.7 cm³/mol. The fraction of sp³-hybridized carbons (Fsp3) is 0.600. The van der Waals surface area contributed by atoms with Crippen LogP contribution in [0.5, 0.6) is 0 Å². The average Bonchev–Trinajstić information content (AvgIpc) is 2.30. The van der Waals surface area contributed by atoms with Crippen molar-refractivity contribution >= 4 is 31.7 Å². The maximum atomic E-state index is 10.6. The summed E-state index contributed by atoms with van der Waals surface area (Å²) in [6.07, 6.45) is 0. The zero-order chi connectivity index (χ0) is 20.2. The van der Waals surface area contributed by atoms with Gasteiger partial charge in [-0.1, -0.05) is 0 Å². The van der Waals surface area contributed by atoms with E-state index in [1.54, 1.807) is 0 Å². The topological polar surface area (TPSA) is 233 Å². The minimum Gasteiger partial charge on any atom is -1.00 e. The molecule has 27 heavy (non-hydrogen) atoms. The Bertz CT molecular complexity index is 454. The van der Waals surface area contributed by atoms with Gasteiger partial charge in [-0.3, -0.25) is 29.0 Å². The third-order valence-electron chi connectivity index (χ3n) is 2.17. The Morgan fingerprint density at radius 2 is 0.778 bits per heavy atom. The summed E-state index contributed by atoms with van der Waals surface area (Å²) in [6.45, 7) is -2.25. The third kappa shape index (κ3) is 33.2. The van der Waals surface area contributed by atoms with Gasteiger partial charge < -0.3 is 47.5 Å². The van der Waals surface area contributed by atoms with Gasteiger partial charge in [-0.15, -0.1) is 0 Å². The van der Waals surface area contributed by atoms with E-state index < -0.39 is 57.9 Å². The molecule has 0 saturated carbocycles. The number of rotatable bonds is 11. The van der Waals surface area contributed by atoms with E-state index >= 15 is 0 Å². The van der Waals surface area contributed by atoms with Crippen LogP contribution in [0.3, 0.4) is 0 Å². The molecule has 0 bridgehead atoms. The summed E-state index contributed by atoms with van der Waals surface area (Å²) in [4.78, 5) is 65.9. The zero-order valence-electron chi connectivity index (χ0n) is 14.1. The molecule has 0 saturated heterocycles. The van der Waals surface area contributed by atoms with Gasteiger partial charge in [0.1, 0.15) is 0 Å². The van der Waals surface area contributed by atoms with Gasteiger partial charge in [0.25, 0.3) is 0 Å². The molecule has 0 aliphatic carbocycles. The molecule has 0 spiro atoms. The van der Waals surface area contributed by atoms with E-state index in [2.05, 4.69) is 0 Å². The Morgan fingerprint density at radius 3 is 0.889 bits per heavy atom. The van der Waals surface area contributed by atoms with E-state index in [1.165, 1.54) is 0 Å². The largest absolute Gasteiger partial charge is 1.00 e.